The quantitative estimate of drug-likeness (QED) is 0.621. The number of ether oxygens (including phenoxy) is 1. The Morgan fingerprint density at radius 3 is 2.94 bits per heavy atom. The molecule has 0 amide bonds. The summed E-state index contributed by atoms with van der Waals surface area (Å²) in [6.45, 7) is 3.38. The van der Waals surface area contributed by atoms with Gasteiger partial charge in [-0.2, -0.15) is 0 Å². The first-order chi connectivity index (χ1) is 8.79. The number of nitrogens with zero attached hydrogens (tertiary/aromatic N) is 1. The Morgan fingerprint density at radius 2 is 2.22 bits per heavy atom. The van der Waals surface area contributed by atoms with Gasteiger partial charge in [0.05, 0.1) is 17.9 Å². The van der Waals surface area contributed by atoms with Gasteiger partial charge in [0.25, 0.3) is 0 Å². The Morgan fingerprint density at radius 1 is 1.39 bits per heavy atom. The summed E-state index contributed by atoms with van der Waals surface area (Å²) in [6, 6.07) is 7.50. The number of anilines is 2. The molecule has 0 atom stereocenters. The predicted octanol–water partition coefficient (Wildman–Crippen LogP) is 2.78. The fraction of sp³-hybridized carbons (Fsp3) is 0.308. The number of aryl methyl sites for hydroxylation is 1. The molecule has 0 radical (unpaired) electrons. The van der Waals surface area contributed by atoms with Crippen molar-refractivity contribution < 1.29 is 4.74 Å². The lowest BCUT2D eigenvalue weighted by Gasteiger charge is -2.08. The number of nitrogen functional groups attached to an aromatic ring is 1. The van der Waals surface area contributed by atoms with E-state index in [1.807, 2.05) is 24.3 Å². The van der Waals surface area contributed by atoms with Gasteiger partial charge >= 0.3 is 0 Å². The van der Waals surface area contributed by atoms with Gasteiger partial charge in [-0.05, 0) is 18.6 Å². The molecule has 96 valence electrons. The summed E-state index contributed by atoms with van der Waals surface area (Å²) in [5.74, 6) is 0.729. The molecule has 4 nitrogen and oxygen atoms in total. The van der Waals surface area contributed by atoms with E-state index in [9.17, 15) is 0 Å². The Hall–Kier alpha value is -1.75. The van der Waals surface area contributed by atoms with Crippen LogP contribution in [0, 0.1) is 0 Å². The van der Waals surface area contributed by atoms with E-state index in [1.165, 1.54) is 0 Å². The Labute approximate surface area is 111 Å². The van der Waals surface area contributed by atoms with E-state index in [4.69, 9.17) is 10.5 Å². The van der Waals surface area contributed by atoms with E-state index in [0.717, 1.165) is 23.0 Å². The molecule has 0 aliphatic rings. The average molecular weight is 263 g/mol. The average Bonchev–Trinajstić information content (AvgIpc) is 2.84. The maximum Gasteiger partial charge on any atom is 0.182 e. The molecule has 2 aromatic rings. The lowest BCUT2D eigenvalue weighted by molar-refractivity contribution is 0.334. The van der Waals surface area contributed by atoms with Crippen LogP contribution in [-0.4, -0.2) is 18.1 Å². The molecule has 0 spiro atoms. The van der Waals surface area contributed by atoms with Crippen LogP contribution >= 0.6 is 11.3 Å². The molecule has 0 aliphatic heterocycles. The van der Waals surface area contributed by atoms with Crippen LogP contribution in [0.5, 0.6) is 5.75 Å². The van der Waals surface area contributed by atoms with Crippen molar-refractivity contribution in [1.29, 1.82) is 0 Å². The zero-order chi connectivity index (χ0) is 12.8. The zero-order valence-corrected chi connectivity index (χ0v) is 11.2. The number of thiazole rings is 1. The lowest BCUT2D eigenvalue weighted by atomic mass is 10.3. The monoisotopic (exact) mass is 263 g/mol. The van der Waals surface area contributed by atoms with Gasteiger partial charge in [-0.3, -0.25) is 0 Å². The Bertz CT molecular complexity index is 498. The molecular formula is C13H17N3OS. The zero-order valence-electron chi connectivity index (χ0n) is 10.3. The van der Waals surface area contributed by atoms with Crippen molar-refractivity contribution in [2.75, 3.05) is 24.2 Å². The fourth-order valence-corrected chi connectivity index (χ4v) is 2.30. The van der Waals surface area contributed by atoms with Crippen LogP contribution in [0.1, 0.15) is 12.6 Å². The Kier molecular flexibility index (Phi) is 4.41. The molecule has 3 N–H and O–H groups in total. The van der Waals surface area contributed by atoms with Gasteiger partial charge in [0.1, 0.15) is 12.4 Å². The number of nitrogens with two attached hydrogens (primary N) is 1. The smallest absolute Gasteiger partial charge is 0.182 e. The van der Waals surface area contributed by atoms with Gasteiger partial charge in [-0.25, -0.2) is 4.98 Å². The summed E-state index contributed by atoms with van der Waals surface area (Å²) >= 11 is 1.62. The maximum atomic E-state index is 5.78. The Balaban J connectivity index is 1.74. The van der Waals surface area contributed by atoms with E-state index in [2.05, 4.69) is 22.6 Å². The SMILES string of the molecule is CCc1csc(NCCOc2ccccc2N)n1. The molecule has 0 bridgehead atoms. The summed E-state index contributed by atoms with van der Waals surface area (Å²) in [4.78, 5) is 4.42. The second-order valence-electron chi connectivity index (χ2n) is 3.81. The highest BCUT2D eigenvalue weighted by molar-refractivity contribution is 7.13. The van der Waals surface area contributed by atoms with Crippen molar-refractivity contribution >= 4 is 22.2 Å². The number of aromatic nitrogens is 1. The third-order valence-corrected chi connectivity index (χ3v) is 3.32. The minimum Gasteiger partial charge on any atom is -0.490 e. The number of benzene rings is 1. The van der Waals surface area contributed by atoms with Gasteiger partial charge in [0.2, 0.25) is 0 Å². The topological polar surface area (TPSA) is 60.2 Å². The third-order valence-electron chi connectivity index (χ3n) is 2.47. The van der Waals surface area contributed by atoms with E-state index in [0.29, 0.717) is 18.8 Å². The highest BCUT2D eigenvalue weighted by Gasteiger charge is 2.00. The number of hydrogen-bond acceptors (Lipinski definition) is 5. The first-order valence-corrected chi connectivity index (χ1v) is 6.83. The largest absolute Gasteiger partial charge is 0.490 e. The van der Waals surface area contributed by atoms with Gasteiger partial charge < -0.3 is 15.8 Å². The molecular weight excluding hydrogens is 246 g/mol. The van der Waals surface area contributed by atoms with Crippen LogP contribution in [0.25, 0.3) is 0 Å². The number of nitrogens with one attached hydrogen (secondary N) is 1. The minimum absolute atomic E-state index is 0.565. The molecule has 0 saturated heterocycles. The third kappa shape index (κ3) is 3.37. The molecule has 1 heterocycles. The second-order valence-corrected chi connectivity index (χ2v) is 4.67. The number of para-hydroxylation sites is 2. The highest BCUT2D eigenvalue weighted by atomic mass is 32.1. The normalized spacial score (nSPS) is 10.3. The van der Waals surface area contributed by atoms with Gasteiger partial charge in [-0.1, -0.05) is 19.1 Å². The maximum absolute atomic E-state index is 5.78. The van der Waals surface area contributed by atoms with Crippen LogP contribution in [0.2, 0.25) is 0 Å². The summed E-state index contributed by atoms with van der Waals surface area (Å²) < 4.78 is 5.58. The molecule has 0 saturated carbocycles. The van der Waals surface area contributed by atoms with Crippen molar-refractivity contribution in [3.63, 3.8) is 0 Å². The first-order valence-electron chi connectivity index (χ1n) is 5.95. The second kappa shape index (κ2) is 6.26. The van der Waals surface area contributed by atoms with Crippen molar-refractivity contribution in [2.45, 2.75) is 13.3 Å². The van der Waals surface area contributed by atoms with E-state index in [-0.39, 0.29) is 0 Å². The molecule has 1 aromatic carbocycles. The molecule has 1 aromatic heterocycles. The number of rotatable bonds is 6. The van der Waals surface area contributed by atoms with Crippen LogP contribution < -0.4 is 15.8 Å². The summed E-state index contributed by atoms with van der Waals surface area (Å²) in [7, 11) is 0. The van der Waals surface area contributed by atoms with Crippen LogP contribution in [0.3, 0.4) is 0 Å². The number of hydrogen-bond donors (Lipinski definition) is 2. The first kappa shape index (κ1) is 12.7. The molecule has 0 unspecified atom stereocenters. The van der Waals surface area contributed by atoms with Crippen LogP contribution in [0.15, 0.2) is 29.6 Å². The van der Waals surface area contributed by atoms with Crippen LogP contribution in [0.4, 0.5) is 10.8 Å². The van der Waals surface area contributed by atoms with E-state index in [1.54, 1.807) is 11.3 Å². The molecule has 0 fully saturated rings. The molecule has 0 aliphatic carbocycles. The van der Waals surface area contributed by atoms with E-state index >= 15 is 0 Å². The standard InChI is InChI=1S/C13H17N3OS/c1-2-10-9-18-13(16-10)15-7-8-17-12-6-4-3-5-11(12)14/h3-6,9H,2,7-8,14H2,1H3,(H,15,16). The summed E-state index contributed by atoms with van der Waals surface area (Å²) in [5.41, 5.74) is 7.57. The predicted molar refractivity (Wildman–Crippen MR) is 76.3 cm³/mol. The van der Waals surface area contributed by atoms with Crippen molar-refractivity contribution in [2.24, 2.45) is 0 Å². The summed E-state index contributed by atoms with van der Waals surface area (Å²) in [5, 5.41) is 6.24. The molecule has 18 heavy (non-hydrogen) atoms. The highest BCUT2D eigenvalue weighted by Crippen LogP contribution is 2.19. The summed E-state index contributed by atoms with van der Waals surface area (Å²) in [6.07, 6.45) is 0.967. The van der Waals surface area contributed by atoms with Gasteiger partial charge in [0.15, 0.2) is 5.13 Å². The van der Waals surface area contributed by atoms with Crippen molar-refractivity contribution in [1.82, 2.24) is 4.98 Å². The van der Waals surface area contributed by atoms with Gasteiger partial charge in [0, 0.05) is 5.38 Å². The molecule has 5 heteroatoms. The molecule has 2 rings (SSSR count). The van der Waals surface area contributed by atoms with E-state index < -0.39 is 0 Å². The van der Waals surface area contributed by atoms with Crippen molar-refractivity contribution in [3.05, 3.63) is 35.3 Å². The fourth-order valence-electron chi connectivity index (χ4n) is 1.48. The minimum atomic E-state index is 0.565. The van der Waals surface area contributed by atoms with Crippen LogP contribution in [-0.2, 0) is 6.42 Å². The van der Waals surface area contributed by atoms with Crippen molar-refractivity contribution in [3.8, 4) is 5.75 Å². The lowest BCUT2D eigenvalue weighted by Crippen LogP contribution is -2.12. The van der Waals surface area contributed by atoms with Gasteiger partial charge in [-0.15, -0.1) is 11.3 Å².